The molecule has 1 heterocycles. The third kappa shape index (κ3) is 1.82. The first-order valence-corrected chi connectivity index (χ1v) is 5.90. The van der Waals surface area contributed by atoms with E-state index >= 15 is 0 Å². The van der Waals surface area contributed by atoms with Crippen LogP contribution in [0.5, 0.6) is 0 Å². The first-order chi connectivity index (χ1) is 8.15. The van der Waals surface area contributed by atoms with Crippen molar-refractivity contribution in [2.45, 2.75) is 26.2 Å². The van der Waals surface area contributed by atoms with Crippen molar-refractivity contribution in [1.29, 1.82) is 0 Å². The summed E-state index contributed by atoms with van der Waals surface area (Å²) in [7, 11) is 0. The van der Waals surface area contributed by atoms with Gasteiger partial charge in [0.25, 0.3) is 0 Å². The van der Waals surface area contributed by atoms with Gasteiger partial charge in [-0.3, -0.25) is 0 Å². The molecule has 1 aliphatic carbocycles. The van der Waals surface area contributed by atoms with Gasteiger partial charge in [-0.15, -0.1) is 0 Å². The Morgan fingerprint density at radius 1 is 1.47 bits per heavy atom. The smallest absolute Gasteiger partial charge is 0.339 e. The zero-order valence-electron chi connectivity index (χ0n) is 9.69. The zero-order chi connectivity index (χ0) is 12.0. The van der Waals surface area contributed by atoms with Crippen molar-refractivity contribution < 1.29 is 14.3 Å². The molecule has 0 spiro atoms. The highest BCUT2D eigenvalue weighted by molar-refractivity contribution is 6.03. The predicted molar refractivity (Wildman–Crippen MR) is 64.3 cm³/mol. The molecule has 1 aromatic heterocycles. The number of hydrogen-bond donors (Lipinski definition) is 1. The van der Waals surface area contributed by atoms with Gasteiger partial charge in [-0.25, -0.2) is 4.79 Å². The van der Waals surface area contributed by atoms with Crippen molar-refractivity contribution in [2.75, 3.05) is 0 Å². The Labute approximate surface area is 99.0 Å². The van der Waals surface area contributed by atoms with Crippen LogP contribution in [0, 0.1) is 12.8 Å². The lowest BCUT2D eigenvalue weighted by Gasteiger charge is -1.99. The number of aryl methyl sites for hydroxylation is 1. The van der Waals surface area contributed by atoms with Crippen LogP contribution in [0.1, 0.15) is 34.5 Å². The predicted octanol–water partition coefficient (Wildman–Crippen LogP) is 3.39. The molecule has 17 heavy (non-hydrogen) atoms. The van der Waals surface area contributed by atoms with Crippen LogP contribution in [-0.2, 0) is 6.42 Å². The standard InChI is InChI=1S/C14H14O3/c1-8-13(14(15)16)11-7-10(6-9-2-3-9)4-5-12(11)17-8/h4-5,7,9H,2-3,6H2,1H3,(H,15,16). The largest absolute Gasteiger partial charge is 0.478 e. The summed E-state index contributed by atoms with van der Waals surface area (Å²) in [5.74, 6) is 0.370. The van der Waals surface area contributed by atoms with Crippen LogP contribution < -0.4 is 0 Å². The second kappa shape index (κ2) is 3.62. The van der Waals surface area contributed by atoms with Gasteiger partial charge in [0.05, 0.1) is 0 Å². The molecule has 0 saturated heterocycles. The van der Waals surface area contributed by atoms with Crippen molar-refractivity contribution in [3.63, 3.8) is 0 Å². The van der Waals surface area contributed by atoms with E-state index in [2.05, 4.69) is 0 Å². The molecule has 0 atom stereocenters. The monoisotopic (exact) mass is 230 g/mol. The number of benzene rings is 1. The zero-order valence-corrected chi connectivity index (χ0v) is 9.69. The summed E-state index contributed by atoms with van der Waals surface area (Å²) < 4.78 is 5.46. The maximum Gasteiger partial charge on any atom is 0.339 e. The van der Waals surface area contributed by atoms with Gasteiger partial charge in [0.15, 0.2) is 0 Å². The highest BCUT2D eigenvalue weighted by Crippen LogP contribution is 2.34. The molecule has 0 unspecified atom stereocenters. The average molecular weight is 230 g/mol. The van der Waals surface area contributed by atoms with Gasteiger partial charge in [0, 0.05) is 5.39 Å². The van der Waals surface area contributed by atoms with Crippen LogP contribution in [0.4, 0.5) is 0 Å². The first-order valence-electron chi connectivity index (χ1n) is 5.90. The lowest BCUT2D eigenvalue weighted by Crippen LogP contribution is -1.97. The Morgan fingerprint density at radius 2 is 2.24 bits per heavy atom. The molecule has 3 rings (SSSR count). The van der Waals surface area contributed by atoms with Crippen LogP contribution >= 0.6 is 0 Å². The van der Waals surface area contributed by atoms with E-state index in [0.717, 1.165) is 17.7 Å². The number of carboxylic acids is 1. The molecule has 1 fully saturated rings. The van der Waals surface area contributed by atoms with Gasteiger partial charge in [-0.2, -0.15) is 0 Å². The fourth-order valence-corrected chi connectivity index (χ4v) is 2.32. The Balaban J connectivity index is 2.11. The number of carboxylic acid groups (broad SMARTS) is 1. The van der Waals surface area contributed by atoms with Gasteiger partial charge >= 0.3 is 5.97 Å². The molecular formula is C14H14O3. The molecule has 1 aromatic carbocycles. The molecule has 0 amide bonds. The SMILES string of the molecule is Cc1oc2ccc(CC3CC3)cc2c1C(=O)O. The fraction of sp³-hybridized carbons (Fsp3) is 0.357. The molecule has 3 nitrogen and oxygen atoms in total. The summed E-state index contributed by atoms with van der Waals surface area (Å²) in [5.41, 5.74) is 2.18. The minimum absolute atomic E-state index is 0.303. The van der Waals surface area contributed by atoms with Crippen molar-refractivity contribution >= 4 is 16.9 Å². The molecule has 1 N–H and O–H groups in total. The summed E-state index contributed by atoms with van der Waals surface area (Å²) in [6.45, 7) is 1.70. The number of hydrogen-bond acceptors (Lipinski definition) is 2. The molecule has 1 saturated carbocycles. The van der Waals surface area contributed by atoms with Gasteiger partial charge in [-0.05, 0) is 49.8 Å². The van der Waals surface area contributed by atoms with Gasteiger partial charge < -0.3 is 9.52 Å². The van der Waals surface area contributed by atoms with E-state index in [-0.39, 0.29) is 0 Å². The minimum atomic E-state index is -0.912. The summed E-state index contributed by atoms with van der Waals surface area (Å²) in [6, 6.07) is 5.88. The molecule has 1 aliphatic rings. The molecule has 0 aliphatic heterocycles. The van der Waals surface area contributed by atoms with Crippen molar-refractivity contribution in [3.05, 3.63) is 35.1 Å². The number of furan rings is 1. The third-order valence-corrected chi connectivity index (χ3v) is 3.36. The van der Waals surface area contributed by atoms with Crippen LogP contribution in [0.2, 0.25) is 0 Å². The molecule has 0 radical (unpaired) electrons. The maximum atomic E-state index is 11.2. The molecule has 3 heteroatoms. The Morgan fingerprint density at radius 3 is 2.88 bits per heavy atom. The normalized spacial score (nSPS) is 15.4. The van der Waals surface area contributed by atoms with Gasteiger partial charge in [-0.1, -0.05) is 6.07 Å². The lowest BCUT2D eigenvalue weighted by atomic mass is 10.0. The lowest BCUT2D eigenvalue weighted by molar-refractivity contribution is 0.0697. The van der Waals surface area contributed by atoms with Gasteiger partial charge in [0.1, 0.15) is 16.9 Å². The molecule has 88 valence electrons. The minimum Gasteiger partial charge on any atom is -0.478 e. The average Bonchev–Trinajstić information content (AvgIpc) is 2.99. The van der Waals surface area contributed by atoms with Crippen LogP contribution in [0.25, 0.3) is 11.0 Å². The van der Waals surface area contributed by atoms with E-state index in [9.17, 15) is 9.90 Å². The van der Waals surface area contributed by atoms with Crippen molar-refractivity contribution in [2.24, 2.45) is 5.92 Å². The number of fused-ring (bicyclic) bond motifs is 1. The van der Waals surface area contributed by atoms with Crippen LogP contribution in [0.15, 0.2) is 22.6 Å². The maximum absolute atomic E-state index is 11.2. The third-order valence-electron chi connectivity index (χ3n) is 3.36. The van der Waals surface area contributed by atoms with Crippen molar-refractivity contribution in [3.8, 4) is 0 Å². The first kappa shape index (κ1) is 10.4. The number of carbonyl (C=O) groups is 1. The van der Waals surface area contributed by atoms with Crippen LogP contribution in [0.3, 0.4) is 0 Å². The summed E-state index contributed by atoms with van der Waals surface area (Å²) >= 11 is 0. The van der Waals surface area contributed by atoms with E-state index < -0.39 is 5.97 Å². The Hall–Kier alpha value is -1.77. The van der Waals surface area contributed by atoms with Crippen LogP contribution in [-0.4, -0.2) is 11.1 Å². The topological polar surface area (TPSA) is 50.4 Å². The Bertz CT molecular complexity index is 591. The molecule has 2 aromatic rings. The summed E-state index contributed by atoms with van der Waals surface area (Å²) in [4.78, 5) is 11.2. The molecular weight excluding hydrogens is 216 g/mol. The quantitative estimate of drug-likeness (QED) is 0.879. The number of rotatable bonds is 3. The highest BCUT2D eigenvalue weighted by atomic mass is 16.4. The Kier molecular flexibility index (Phi) is 2.21. The summed E-state index contributed by atoms with van der Waals surface area (Å²) in [6.07, 6.45) is 3.65. The van der Waals surface area contributed by atoms with E-state index in [1.165, 1.54) is 18.4 Å². The van der Waals surface area contributed by atoms with Gasteiger partial charge in [0.2, 0.25) is 0 Å². The van der Waals surface area contributed by atoms with E-state index in [1.54, 1.807) is 6.92 Å². The second-order valence-corrected chi connectivity index (χ2v) is 4.82. The van der Waals surface area contributed by atoms with E-state index in [1.807, 2.05) is 18.2 Å². The molecule has 0 bridgehead atoms. The van der Waals surface area contributed by atoms with Crippen molar-refractivity contribution in [1.82, 2.24) is 0 Å². The fourth-order valence-electron chi connectivity index (χ4n) is 2.32. The second-order valence-electron chi connectivity index (χ2n) is 4.82. The number of aromatic carboxylic acids is 1. The summed E-state index contributed by atoms with van der Waals surface area (Å²) in [5, 5.41) is 9.91. The van der Waals surface area contributed by atoms with E-state index in [4.69, 9.17) is 4.42 Å². The van der Waals surface area contributed by atoms with E-state index in [0.29, 0.717) is 16.9 Å². The highest BCUT2D eigenvalue weighted by Gasteiger charge is 2.23.